The van der Waals surface area contributed by atoms with E-state index < -0.39 is 17.5 Å². The molecule has 0 aliphatic heterocycles. The Balaban J connectivity index is 1.92. The van der Waals surface area contributed by atoms with Gasteiger partial charge in [-0.05, 0) is 31.4 Å². The van der Waals surface area contributed by atoms with Gasteiger partial charge in [0.1, 0.15) is 23.2 Å². The molecule has 0 unspecified atom stereocenters. The number of nitrogens with zero attached hydrogens (tertiary/aromatic N) is 3. The first-order valence-electron chi connectivity index (χ1n) is 7.13. The minimum absolute atomic E-state index is 0.0327. The molecule has 0 fully saturated rings. The van der Waals surface area contributed by atoms with Crippen LogP contribution < -0.4 is 16.6 Å². The molecule has 0 aliphatic carbocycles. The molecule has 124 valence electrons. The lowest BCUT2D eigenvalue weighted by molar-refractivity contribution is -0.119. The van der Waals surface area contributed by atoms with E-state index in [2.05, 4.69) is 15.6 Å². The molecule has 0 spiro atoms. The number of hydrogen-bond donors (Lipinski definition) is 2. The Morgan fingerprint density at radius 3 is 2.88 bits per heavy atom. The number of thiophene rings is 1. The van der Waals surface area contributed by atoms with Crippen LogP contribution >= 0.6 is 11.3 Å². The van der Waals surface area contributed by atoms with Crippen molar-refractivity contribution in [3.8, 4) is 10.6 Å². The number of aryl methyl sites for hydroxylation is 1. The minimum atomic E-state index is -0.864. The van der Waals surface area contributed by atoms with E-state index in [1.54, 1.807) is 19.9 Å². The summed E-state index contributed by atoms with van der Waals surface area (Å²) in [5.41, 5.74) is 5.85. The number of aromatic nitrogens is 3. The maximum absolute atomic E-state index is 12.4. The van der Waals surface area contributed by atoms with Gasteiger partial charge in [-0.15, -0.1) is 11.3 Å². The summed E-state index contributed by atoms with van der Waals surface area (Å²) < 4.78 is 5.97. The highest BCUT2D eigenvalue weighted by atomic mass is 32.1. The molecule has 24 heavy (non-hydrogen) atoms. The first kappa shape index (κ1) is 15.9. The van der Waals surface area contributed by atoms with Crippen LogP contribution in [0.2, 0.25) is 0 Å². The Morgan fingerprint density at radius 1 is 1.46 bits per heavy atom. The van der Waals surface area contributed by atoms with Crippen LogP contribution in [0, 0.1) is 6.92 Å². The first-order valence-corrected chi connectivity index (χ1v) is 8.01. The maximum Gasteiger partial charge on any atom is 0.290 e. The molecule has 3 N–H and O–H groups in total. The Morgan fingerprint density at radius 2 is 2.25 bits per heavy atom. The lowest BCUT2D eigenvalue weighted by Gasteiger charge is -2.14. The van der Waals surface area contributed by atoms with E-state index in [-0.39, 0.29) is 11.5 Å². The van der Waals surface area contributed by atoms with E-state index in [1.165, 1.54) is 17.4 Å². The van der Waals surface area contributed by atoms with Crippen molar-refractivity contribution in [2.75, 3.05) is 11.1 Å². The molecule has 3 rings (SSSR count). The van der Waals surface area contributed by atoms with Crippen molar-refractivity contribution < 1.29 is 9.32 Å². The van der Waals surface area contributed by atoms with Gasteiger partial charge in [-0.1, -0.05) is 11.2 Å². The molecule has 3 aromatic heterocycles. The molecule has 1 atom stereocenters. The molecule has 0 bridgehead atoms. The van der Waals surface area contributed by atoms with Gasteiger partial charge in [-0.3, -0.25) is 9.59 Å². The van der Waals surface area contributed by atoms with E-state index in [0.29, 0.717) is 11.5 Å². The summed E-state index contributed by atoms with van der Waals surface area (Å²) >= 11 is 1.47. The molecule has 3 heterocycles. The smallest absolute Gasteiger partial charge is 0.290 e. The van der Waals surface area contributed by atoms with Crippen molar-refractivity contribution in [1.29, 1.82) is 0 Å². The number of carbonyl (C=O) groups excluding carboxylic acids is 1. The zero-order valence-corrected chi connectivity index (χ0v) is 13.8. The average Bonchev–Trinajstić information content (AvgIpc) is 3.21. The van der Waals surface area contributed by atoms with Gasteiger partial charge in [0.25, 0.3) is 5.56 Å². The second-order valence-electron chi connectivity index (χ2n) is 5.20. The zero-order valence-electron chi connectivity index (χ0n) is 13.0. The highest BCUT2D eigenvalue weighted by Crippen LogP contribution is 2.23. The lowest BCUT2D eigenvalue weighted by Crippen LogP contribution is -2.34. The van der Waals surface area contributed by atoms with Crippen molar-refractivity contribution >= 4 is 28.7 Å². The van der Waals surface area contributed by atoms with Crippen LogP contribution in [0.3, 0.4) is 0 Å². The van der Waals surface area contributed by atoms with Crippen LogP contribution in [0.5, 0.6) is 0 Å². The van der Waals surface area contributed by atoms with E-state index in [0.717, 1.165) is 9.56 Å². The van der Waals surface area contributed by atoms with Gasteiger partial charge in [-0.2, -0.15) is 5.10 Å². The summed E-state index contributed by atoms with van der Waals surface area (Å²) in [5.74, 6) is 0.401. The van der Waals surface area contributed by atoms with E-state index in [4.69, 9.17) is 10.3 Å². The molecule has 0 saturated heterocycles. The van der Waals surface area contributed by atoms with E-state index in [9.17, 15) is 9.59 Å². The predicted molar refractivity (Wildman–Crippen MR) is 90.8 cm³/mol. The Kier molecular flexibility index (Phi) is 4.17. The van der Waals surface area contributed by atoms with Gasteiger partial charge >= 0.3 is 0 Å². The van der Waals surface area contributed by atoms with Gasteiger partial charge in [0.2, 0.25) is 5.91 Å². The number of rotatable bonds is 4. The summed E-state index contributed by atoms with van der Waals surface area (Å²) in [6, 6.07) is 5.96. The molecular weight excluding hydrogens is 330 g/mol. The number of amides is 1. The van der Waals surface area contributed by atoms with Gasteiger partial charge in [-0.25, -0.2) is 4.68 Å². The molecule has 0 aromatic carbocycles. The molecule has 1 amide bonds. The number of nitrogen functional groups attached to an aromatic ring is 1. The molecule has 0 saturated carbocycles. The Hall–Kier alpha value is -2.94. The third-order valence-electron chi connectivity index (χ3n) is 3.36. The molecule has 3 aromatic rings. The third-order valence-corrected chi connectivity index (χ3v) is 4.25. The second-order valence-corrected chi connectivity index (χ2v) is 6.15. The summed E-state index contributed by atoms with van der Waals surface area (Å²) in [5, 5.41) is 12.4. The SMILES string of the molecule is Cc1cc(NC(=O)[C@@H](C)n2nc(-c3cccs3)cc(N)c2=O)no1. The fraction of sp³-hybridized carbons (Fsp3) is 0.200. The number of nitrogens with one attached hydrogen (secondary N) is 1. The summed E-state index contributed by atoms with van der Waals surface area (Å²) in [7, 11) is 0. The lowest BCUT2D eigenvalue weighted by atomic mass is 10.2. The standard InChI is InChI=1S/C15H15N5O3S/c1-8-6-13(19-23-8)17-14(21)9(2)20-15(22)10(16)7-11(18-20)12-4-3-5-24-12/h3-7,9H,16H2,1-2H3,(H,17,19,21)/t9-/m1/s1. The van der Waals surface area contributed by atoms with Gasteiger partial charge in [0.15, 0.2) is 5.82 Å². The van der Waals surface area contributed by atoms with E-state index in [1.807, 2.05) is 17.5 Å². The first-order chi connectivity index (χ1) is 11.5. The van der Waals surface area contributed by atoms with Crippen molar-refractivity contribution in [1.82, 2.24) is 14.9 Å². The molecule has 0 radical (unpaired) electrons. The molecule has 0 aliphatic rings. The molecule has 8 nitrogen and oxygen atoms in total. The normalized spacial score (nSPS) is 12.1. The van der Waals surface area contributed by atoms with Crippen molar-refractivity contribution in [3.05, 3.63) is 45.8 Å². The van der Waals surface area contributed by atoms with Crippen molar-refractivity contribution in [2.24, 2.45) is 0 Å². The number of nitrogens with two attached hydrogens (primary N) is 1. The zero-order chi connectivity index (χ0) is 17.3. The average molecular weight is 345 g/mol. The fourth-order valence-corrected chi connectivity index (χ4v) is 2.79. The van der Waals surface area contributed by atoms with Crippen LogP contribution in [0.4, 0.5) is 11.5 Å². The number of anilines is 2. The quantitative estimate of drug-likeness (QED) is 0.747. The van der Waals surface area contributed by atoms with Crippen LogP contribution in [-0.2, 0) is 4.79 Å². The summed E-state index contributed by atoms with van der Waals surface area (Å²) in [4.78, 5) is 25.5. The second kappa shape index (κ2) is 6.28. The van der Waals surface area contributed by atoms with Crippen LogP contribution in [0.1, 0.15) is 18.7 Å². The molecular formula is C15H15N5O3S. The monoisotopic (exact) mass is 345 g/mol. The predicted octanol–water partition coefficient (Wildman–Crippen LogP) is 2.05. The van der Waals surface area contributed by atoms with Crippen molar-refractivity contribution in [3.63, 3.8) is 0 Å². The topological polar surface area (TPSA) is 116 Å². The van der Waals surface area contributed by atoms with Crippen LogP contribution in [-0.4, -0.2) is 20.8 Å². The Bertz CT molecular complexity index is 929. The summed E-state index contributed by atoms with van der Waals surface area (Å²) in [6.45, 7) is 3.28. The number of hydrogen-bond acceptors (Lipinski definition) is 7. The van der Waals surface area contributed by atoms with Crippen molar-refractivity contribution in [2.45, 2.75) is 19.9 Å². The van der Waals surface area contributed by atoms with Gasteiger partial charge in [0.05, 0.1) is 4.88 Å². The van der Waals surface area contributed by atoms with E-state index >= 15 is 0 Å². The highest BCUT2D eigenvalue weighted by molar-refractivity contribution is 7.13. The maximum atomic E-state index is 12.4. The minimum Gasteiger partial charge on any atom is -0.394 e. The van der Waals surface area contributed by atoms with Crippen LogP contribution in [0.15, 0.2) is 39.0 Å². The highest BCUT2D eigenvalue weighted by Gasteiger charge is 2.21. The van der Waals surface area contributed by atoms with Crippen LogP contribution in [0.25, 0.3) is 10.6 Å². The van der Waals surface area contributed by atoms with Gasteiger partial charge < -0.3 is 15.6 Å². The van der Waals surface area contributed by atoms with Gasteiger partial charge in [0, 0.05) is 6.07 Å². The molecule has 9 heteroatoms. The number of carbonyl (C=O) groups is 1. The third kappa shape index (κ3) is 3.06. The fourth-order valence-electron chi connectivity index (χ4n) is 2.11. The largest absolute Gasteiger partial charge is 0.394 e. The Labute approximate surface area is 140 Å². The summed E-state index contributed by atoms with van der Waals surface area (Å²) in [6.07, 6.45) is 0.